The number of aliphatic hydroxyl groups excluding tert-OH is 1. The highest BCUT2D eigenvalue weighted by Gasteiger charge is 2.38. The van der Waals surface area contributed by atoms with Crippen LogP contribution in [-0.2, 0) is 27.4 Å². The molecule has 0 aliphatic carbocycles. The highest BCUT2D eigenvalue weighted by Crippen LogP contribution is 2.30. The minimum absolute atomic E-state index is 0.120. The number of primary amides is 1. The summed E-state index contributed by atoms with van der Waals surface area (Å²) in [5.74, 6) is -4.84. The SMILES string of the molecule is CCC[C@H](C(N)=O)[C@@H](CCC(F)(F)F)C(=O)N[C@H]1N=C(c2ccc(Cl)cc2)c2cccc(CO)c2CC1=O. The second-order valence-electron chi connectivity index (χ2n) is 9.20. The van der Waals surface area contributed by atoms with Crippen LogP contribution in [0.25, 0.3) is 0 Å². The molecule has 2 amide bonds. The lowest BCUT2D eigenvalue weighted by Crippen LogP contribution is -2.47. The number of hydrogen-bond acceptors (Lipinski definition) is 5. The number of hydrogen-bond donors (Lipinski definition) is 3. The number of carbonyl (C=O) groups excluding carboxylic acids is 3. The molecule has 1 heterocycles. The van der Waals surface area contributed by atoms with Crippen molar-refractivity contribution in [3.63, 3.8) is 0 Å². The largest absolute Gasteiger partial charge is 0.392 e. The Balaban J connectivity index is 2.03. The van der Waals surface area contributed by atoms with Crippen LogP contribution in [0.1, 0.15) is 54.9 Å². The molecule has 0 aromatic heterocycles. The van der Waals surface area contributed by atoms with E-state index in [9.17, 15) is 32.7 Å². The number of carbonyl (C=O) groups is 3. The van der Waals surface area contributed by atoms with Gasteiger partial charge in [0.05, 0.1) is 12.3 Å². The third-order valence-electron chi connectivity index (χ3n) is 6.54. The van der Waals surface area contributed by atoms with Crippen LogP contribution in [0.4, 0.5) is 13.2 Å². The molecule has 0 fully saturated rings. The van der Waals surface area contributed by atoms with Gasteiger partial charge < -0.3 is 16.2 Å². The van der Waals surface area contributed by atoms with Gasteiger partial charge in [0.25, 0.3) is 0 Å². The molecule has 0 saturated heterocycles. The molecule has 4 N–H and O–H groups in total. The van der Waals surface area contributed by atoms with Crippen molar-refractivity contribution in [3.05, 3.63) is 69.7 Å². The van der Waals surface area contributed by atoms with E-state index in [0.717, 1.165) is 0 Å². The maximum Gasteiger partial charge on any atom is 0.389 e. The topological polar surface area (TPSA) is 122 Å². The Morgan fingerprint density at radius 2 is 1.84 bits per heavy atom. The second-order valence-corrected chi connectivity index (χ2v) is 9.63. The Hall–Kier alpha value is -3.24. The number of amides is 2. The molecule has 1 aliphatic heterocycles. The Morgan fingerprint density at radius 1 is 1.16 bits per heavy atom. The number of aliphatic hydroxyl groups is 1. The quantitative estimate of drug-likeness (QED) is 0.411. The van der Waals surface area contributed by atoms with Gasteiger partial charge in [0.2, 0.25) is 11.8 Å². The number of Topliss-reactive ketones (excluding diaryl/α,β-unsaturated/α-hetero) is 1. The number of halogens is 4. The third kappa shape index (κ3) is 7.20. The van der Waals surface area contributed by atoms with Gasteiger partial charge in [0.1, 0.15) is 0 Å². The van der Waals surface area contributed by atoms with E-state index >= 15 is 0 Å². The molecule has 38 heavy (non-hydrogen) atoms. The first-order chi connectivity index (χ1) is 17.9. The van der Waals surface area contributed by atoms with Crippen LogP contribution >= 0.6 is 11.6 Å². The van der Waals surface area contributed by atoms with Gasteiger partial charge in [-0.15, -0.1) is 0 Å². The fourth-order valence-corrected chi connectivity index (χ4v) is 4.76. The minimum Gasteiger partial charge on any atom is -0.392 e. The van der Waals surface area contributed by atoms with Crippen LogP contribution < -0.4 is 11.1 Å². The van der Waals surface area contributed by atoms with Gasteiger partial charge in [-0.3, -0.25) is 19.4 Å². The molecule has 2 aromatic rings. The van der Waals surface area contributed by atoms with Crippen molar-refractivity contribution >= 4 is 34.9 Å². The summed E-state index contributed by atoms with van der Waals surface area (Å²) in [4.78, 5) is 43.2. The predicted molar refractivity (Wildman–Crippen MR) is 136 cm³/mol. The highest BCUT2D eigenvalue weighted by molar-refractivity contribution is 6.30. The summed E-state index contributed by atoms with van der Waals surface area (Å²) in [5, 5.41) is 12.8. The van der Waals surface area contributed by atoms with Crippen molar-refractivity contribution < 1.29 is 32.7 Å². The van der Waals surface area contributed by atoms with E-state index in [4.69, 9.17) is 17.3 Å². The van der Waals surface area contributed by atoms with Gasteiger partial charge in [-0.1, -0.05) is 55.3 Å². The predicted octanol–water partition coefficient (Wildman–Crippen LogP) is 4.10. The van der Waals surface area contributed by atoms with Crippen molar-refractivity contribution in [2.45, 2.75) is 58.0 Å². The maximum absolute atomic E-state index is 13.3. The fraction of sp³-hybridized carbons (Fsp3) is 0.407. The number of nitrogens with one attached hydrogen (secondary N) is 1. The molecule has 204 valence electrons. The molecule has 11 heteroatoms. The van der Waals surface area contributed by atoms with Crippen molar-refractivity contribution in [2.75, 3.05) is 0 Å². The molecule has 0 radical (unpaired) electrons. The average Bonchev–Trinajstić information content (AvgIpc) is 2.99. The number of nitrogens with zero attached hydrogens (tertiary/aromatic N) is 1. The van der Waals surface area contributed by atoms with Crippen LogP contribution in [0.15, 0.2) is 47.5 Å². The fourth-order valence-electron chi connectivity index (χ4n) is 4.63. The zero-order valence-corrected chi connectivity index (χ0v) is 21.5. The zero-order chi connectivity index (χ0) is 28.0. The lowest BCUT2D eigenvalue weighted by molar-refractivity contribution is -0.146. The number of ketones is 1. The standard InChI is InChI=1S/C27H29ClF3N3O4/c1-2-4-19(24(32)37)20(11-12-27(29,30)31)26(38)34-25-22(36)13-21-16(14-35)5-3-6-18(21)23(33-25)15-7-9-17(28)10-8-15/h3,5-10,19-20,25,35H,2,4,11-14H2,1H3,(H2,32,37)(H,34,38)/t19-,20+,25+/m0/s1. The lowest BCUT2D eigenvalue weighted by atomic mass is 9.83. The molecule has 0 bridgehead atoms. The summed E-state index contributed by atoms with van der Waals surface area (Å²) in [6, 6.07) is 11.7. The van der Waals surface area contributed by atoms with Crippen LogP contribution in [-0.4, -0.2) is 40.8 Å². The van der Waals surface area contributed by atoms with Crippen molar-refractivity contribution in [1.82, 2.24) is 5.32 Å². The average molecular weight is 552 g/mol. The van der Waals surface area contributed by atoms with E-state index in [2.05, 4.69) is 10.3 Å². The number of aliphatic imine (C=N–C) groups is 1. The molecule has 7 nitrogen and oxygen atoms in total. The Morgan fingerprint density at radius 3 is 2.42 bits per heavy atom. The lowest BCUT2D eigenvalue weighted by Gasteiger charge is -2.25. The van der Waals surface area contributed by atoms with Gasteiger partial charge in [0, 0.05) is 40.8 Å². The third-order valence-corrected chi connectivity index (χ3v) is 6.79. The van der Waals surface area contributed by atoms with E-state index < -0.39 is 54.6 Å². The molecular formula is C27H29ClF3N3O4. The van der Waals surface area contributed by atoms with E-state index in [0.29, 0.717) is 39.4 Å². The monoisotopic (exact) mass is 551 g/mol. The van der Waals surface area contributed by atoms with E-state index in [1.807, 2.05) is 0 Å². The summed E-state index contributed by atoms with van der Waals surface area (Å²) in [6.45, 7) is 1.39. The summed E-state index contributed by atoms with van der Waals surface area (Å²) >= 11 is 6.03. The summed E-state index contributed by atoms with van der Waals surface area (Å²) in [7, 11) is 0. The zero-order valence-electron chi connectivity index (χ0n) is 20.7. The first-order valence-electron chi connectivity index (χ1n) is 12.2. The normalized spacial score (nSPS) is 17.2. The minimum atomic E-state index is -4.55. The summed E-state index contributed by atoms with van der Waals surface area (Å²) in [5.41, 5.74) is 7.98. The van der Waals surface area contributed by atoms with E-state index in [-0.39, 0.29) is 19.4 Å². The molecule has 0 spiro atoms. The van der Waals surface area contributed by atoms with Crippen molar-refractivity contribution in [3.8, 4) is 0 Å². The van der Waals surface area contributed by atoms with Crippen molar-refractivity contribution in [1.29, 1.82) is 0 Å². The van der Waals surface area contributed by atoms with Crippen LogP contribution in [0.2, 0.25) is 5.02 Å². The van der Waals surface area contributed by atoms with E-state index in [1.165, 1.54) is 0 Å². The molecular weight excluding hydrogens is 523 g/mol. The number of fused-ring (bicyclic) bond motifs is 1. The molecule has 0 saturated carbocycles. The van der Waals surface area contributed by atoms with E-state index in [1.54, 1.807) is 49.4 Å². The number of alkyl halides is 3. The van der Waals surface area contributed by atoms with Gasteiger partial charge >= 0.3 is 6.18 Å². The Labute approximate surface area is 223 Å². The first-order valence-corrected chi connectivity index (χ1v) is 12.6. The Bertz CT molecular complexity index is 1220. The number of nitrogens with two attached hydrogens (primary N) is 1. The van der Waals surface area contributed by atoms with Crippen molar-refractivity contribution in [2.24, 2.45) is 22.6 Å². The molecule has 3 atom stereocenters. The van der Waals surface area contributed by atoms with Crippen LogP contribution in [0.3, 0.4) is 0 Å². The van der Waals surface area contributed by atoms with Crippen LogP contribution in [0, 0.1) is 11.8 Å². The first kappa shape index (κ1) is 29.3. The van der Waals surface area contributed by atoms with Crippen LogP contribution in [0.5, 0.6) is 0 Å². The van der Waals surface area contributed by atoms with Gasteiger partial charge in [-0.05, 0) is 36.1 Å². The summed E-state index contributed by atoms with van der Waals surface area (Å²) in [6.07, 6.45) is -7.57. The summed E-state index contributed by atoms with van der Waals surface area (Å²) < 4.78 is 39.1. The highest BCUT2D eigenvalue weighted by atomic mass is 35.5. The number of rotatable bonds is 10. The molecule has 1 aliphatic rings. The number of benzene rings is 2. The molecule has 3 rings (SSSR count). The maximum atomic E-state index is 13.3. The van der Waals surface area contributed by atoms with Gasteiger partial charge in [0.15, 0.2) is 11.9 Å². The Kier molecular flexibility index (Phi) is 9.67. The van der Waals surface area contributed by atoms with Gasteiger partial charge in [-0.25, -0.2) is 0 Å². The van der Waals surface area contributed by atoms with Gasteiger partial charge in [-0.2, -0.15) is 13.2 Å². The molecule has 0 unspecified atom stereocenters. The second kappa shape index (κ2) is 12.5. The molecule has 2 aromatic carbocycles. The smallest absolute Gasteiger partial charge is 0.389 e.